The van der Waals surface area contributed by atoms with Crippen molar-refractivity contribution in [3.8, 4) is 0 Å². The first-order valence-electron chi connectivity index (χ1n) is 13.7. The highest BCUT2D eigenvalue weighted by Crippen LogP contribution is 2.13. The first kappa shape index (κ1) is 40.5. The fourth-order valence-electron chi connectivity index (χ4n) is 3.10. The minimum atomic E-state index is -1.29. The summed E-state index contributed by atoms with van der Waals surface area (Å²) in [6, 6.07) is -1.34. The van der Waals surface area contributed by atoms with E-state index in [1.807, 2.05) is 13.8 Å². The Morgan fingerprint density at radius 1 is 0.725 bits per heavy atom. The summed E-state index contributed by atoms with van der Waals surface area (Å²) < 4.78 is 17.0. The van der Waals surface area contributed by atoms with Crippen LogP contribution < -0.4 is 22.1 Å². The Morgan fingerprint density at radius 2 is 1.10 bits per heavy atom. The van der Waals surface area contributed by atoms with E-state index >= 15 is 0 Å². The van der Waals surface area contributed by atoms with Gasteiger partial charge in [-0.15, -0.1) is 0 Å². The summed E-state index contributed by atoms with van der Waals surface area (Å²) >= 11 is 0. The van der Waals surface area contributed by atoms with Crippen molar-refractivity contribution in [3.63, 3.8) is 0 Å². The lowest BCUT2D eigenvalue weighted by atomic mass is 10.0. The summed E-state index contributed by atoms with van der Waals surface area (Å²) in [5.41, 5.74) is 9.44. The van der Waals surface area contributed by atoms with Gasteiger partial charge >= 0.3 is 6.03 Å². The Balaban J connectivity index is 0. The van der Waals surface area contributed by atoms with E-state index in [0.717, 1.165) is 0 Å². The third-order valence-corrected chi connectivity index (χ3v) is 5.72. The lowest BCUT2D eigenvalue weighted by Gasteiger charge is -2.35. The van der Waals surface area contributed by atoms with Gasteiger partial charge in [-0.3, -0.25) is 4.79 Å². The van der Waals surface area contributed by atoms with Crippen molar-refractivity contribution < 1.29 is 54.4 Å². The van der Waals surface area contributed by atoms with Crippen LogP contribution in [-0.4, -0.2) is 140 Å². The summed E-state index contributed by atoms with van der Waals surface area (Å²) in [7, 11) is 0. The van der Waals surface area contributed by atoms with Gasteiger partial charge in [-0.2, -0.15) is 0 Å². The summed E-state index contributed by atoms with van der Waals surface area (Å²) in [4.78, 5) is 23.8. The van der Waals surface area contributed by atoms with Crippen molar-refractivity contribution >= 4 is 11.9 Å². The highest BCUT2D eigenvalue weighted by molar-refractivity contribution is 5.79. The summed E-state index contributed by atoms with van der Waals surface area (Å²) in [5, 5.41) is 61.4. The van der Waals surface area contributed by atoms with Crippen LogP contribution in [0.15, 0.2) is 0 Å². The molecule has 0 saturated carbocycles. The van der Waals surface area contributed by atoms with E-state index in [-0.39, 0.29) is 85.8 Å². The van der Waals surface area contributed by atoms with Gasteiger partial charge in [0.15, 0.2) is 0 Å². The van der Waals surface area contributed by atoms with Crippen LogP contribution in [0.5, 0.6) is 0 Å². The number of urea groups is 1. The molecule has 0 saturated heterocycles. The lowest BCUT2D eigenvalue weighted by molar-refractivity contribution is -0.119. The quantitative estimate of drug-likeness (QED) is 0.0477. The number of primary amides is 1. The number of nitrogens with two attached hydrogens (primary N) is 2. The van der Waals surface area contributed by atoms with E-state index in [1.54, 1.807) is 0 Å². The molecule has 0 rings (SSSR count). The maximum Gasteiger partial charge on any atom is 0.315 e. The molecule has 1 atom stereocenters. The van der Waals surface area contributed by atoms with Crippen LogP contribution in [0.4, 0.5) is 4.79 Å². The molecule has 0 aliphatic rings. The molecule has 0 aromatic heterocycles. The maximum absolute atomic E-state index is 12.8. The van der Waals surface area contributed by atoms with Crippen LogP contribution in [0.25, 0.3) is 0 Å². The average Bonchev–Trinajstić information content (AvgIpc) is 2.96. The molecule has 0 aromatic carbocycles. The molecule has 15 nitrogen and oxygen atoms in total. The van der Waals surface area contributed by atoms with Crippen LogP contribution in [0.3, 0.4) is 0 Å². The van der Waals surface area contributed by atoms with Crippen molar-refractivity contribution in [2.45, 2.75) is 44.7 Å². The molecule has 240 valence electrons. The van der Waals surface area contributed by atoms with Crippen molar-refractivity contribution in [2.75, 3.05) is 85.8 Å². The van der Waals surface area contributed by atoms with Crippen molar-refractivity contribution in [1.29, 1.82) is 0 Å². The van der Waals surface area contributed by atoms with Crippen LogP contribution in [-0.2, 0) is 19.0 Å². The number of unbranched alkanes of at least 4 members (excludes halogenated alkanes) is 1. The van der Waals surface area contributed by atoms with Gasteiger partial charge in [0.05, 0.1) is 85.3 Å². The first-order valence-corrected chi connectivity index (χ1v) is 13.7. The third-order valence-electron chi connectivity index (χ3n) is 5.72. The SMILES string of the molecule is CC.NC(=O)[C@H](N)CCCCNC(=O)NC(COCC(CO)CO)(COCC(CO)CO)COCC(CO)CO. The zero-order chi connectivity index (χ0) is 30.8. The van der Waals surface area contributed by atoms with E-state index in [9.17, 15) is 40.2 Å². The second kappa shape index (κ2) is 26.3. The number of carbonyl (C=O) groups excluding carboxylic acids is 2. The van der Waals surface area contributed by atoms with E-state index in [2.05, 4.69) is 10.6 Å². The zero-order valence-corrected chi connectivity index (χ0v) is 24.0. The number of nitrogens with one attached hydrogen (secondary N) is 2. The van der Waals surface area contributed by atoms with Crippen molar-refractivity contribution in [3.05, 3.63) is 0 Å². The minimum Gasteiger partial charge on any atom is -0.396 e. The van der Waals surface area contributed by atoms with Gasteiger partial charge in [0, 0.05) is 24.3 Å². The van der Waals surface area contributed by atoms with Crippen molar-refractivity contribution in [1.82, 2.24) is 10.6 Å². The maximum atomic E-state index is 12.8. The Bertz CT molecular complexity index is 562. The number of ether oxygens (including phenoxy) is 3. The number of hydrogen-bond donors (Lipinski definition) is 10. The van der Waals surface area contributed by atoms with Crippen LogP contribution in [0, 0.1) is 17.8 Å². The molecule has 3 amide bonds. The molecule has 15 heteroatoms. The molecule has 0 fully saturated rings. The largest absolute Gasteiger partial charge is 0.396 e. The predicted octanol–water partition coefficient (Wildman–Crippen LogP) is -3.11. The van der Waals surface area contributed by atoms with Gasteiger partial charge in [0.25, 0.3) is 0 Å². The van der Waals surface area contributed by atoms with Gasteiger partial charge in [-0.25, -0.2) is 4.79 Å². The zero-order valence-electron chi connectivity index (χ0n) is 24.0. The van der Waals surface area contributed by atoms with Crippen LogP contribution >= 0.6 is 0 Å². The molecule has 0 bridgehead atoms. The molecule has 0 aliphatic heterocycles. The smallest absolute Gasteiger partial charge is 0.315 e. The van der Waals surface area contributed by atoms with E-state index < -0.39 is 41.3 Å². The third kappa shape index (κ3) is 19.4. The van der Waals surface area contributed by atoms with E-state index in [0.29, 0.717) is 19.3 Å². The molecule has 12 N–H and O–H groups in total. The Morgan fingerprint density at radius 3 is 1.43 bits per heavy atom. The summed E-state index contributed by atoms with van der Waals surface area (Å²) in [6.45, 7) is 1.85. The van der Waals surface area contributed by atoms with Gasteiger partial charge in [-0.1, -0.05) is 13.8 Å². The first-order chi connectivity index (χ1) is 19.2. The second-order valence-corrected chi connectivity index (χ2v) is 9.40. The van der Waals surface area contributed by atoms with Gasteiger partial charge in [-0.05, 0) is 19.3 Å². The monoisotopic (exact) mass is 586 g/mol. The predicted molar refractivity (Wildman–Crippen MR) is 147 cm³/mol. The summed E-state index contributed by atoms with van der Waals surface area (Å²) in [5.74, 6) is -2.23. The van der Waals surface area contributed by atoms with Gasteiger partial charge < -0.3 is 67.0 Å². The fraction of sp³-hybridized carbons (Fsp3) is 0.920. The van der Waals surface area contributed by atoms with Gasteiger partial charge in [0.1, 0.15) is 5.54 Å². The molecule has 0 spiro atoms. The highest BCUT2D eigenvalue weighted by Gasteiger charge is 2.34. The van der Waals surface area contributed by atoms with E-state index in [1.165, 1.54) is 0 Å². The number of carbonyl (C=O) groups is 2. The molecular weight excluding hydrogens is 532 g/mol. The topological polar surface area (TPSA) is 259 Å². The molecule has 0 radical (unpaired) electrons. The molecule has 0 heterocycles. The second-order valence-electron chi connectivity index (χ2n) is 9.40. The molecule has 0 unspecified atom stereocenters. The summed E-state index contributed by atoms with van der Waals surface area (Å²) in [6.07, 6.45) is 1.47. The minimum absolute atomic E-state index is 0.0238. The standard InChI is InChI=1S/C23H48N4O11.C2H6/c24-20(21(25)34)3-1-2-4-26-22(35)27-23(14-36-11-17(5-28)6-29,15-37-12-18(7-30)8-31)16-38-13-19(9-32)10-33;1-2/h17-20,28-33H,1-16,24H2,(H2,25,34)(H2,26,27,35);1-2H3/t20-;/m1./s1. The Kier molecular flexibility index (Phi) is 26.6. The number of hydrogen-bond acceptors (Lipinski definition) is 12. The normalized spacial score (nSPS) is 12.4. The Hall–Kier alpha value is -1.66. The molecule has 40 heavy (non-hydrogen) atoms. The van der Waals surface area contributed by atoms with E-state index in [4.69, 9.17) is 25.7 Å². The number of aliphatic hydroxyl groups is 6. The molecule has 0 aromatic rings. The van der Waals surface area contributed by atoms with Crippen LogP contribution in [0.2, 0.25) is 0 Å². The number of amides is 3. The lowest BCUT2D eigenvalue weighted by Crippen LogP contribution is -2.61. The van der Waals surface area contributed by atoms with Gasteiger partial charge in [0.2, 0.25) is 5.91 Å². The molecular formula is C25H54N4O11. The fourth-order valence-corrected chi connectivity index (χ4v) is 3.10. The van der Waals surface area contributed by atoms with Crippen LogP contribution in [0.1, 0.15) is 33.1 Å². The average molecular weight is 587 g/mol. The molecule has 0 aliphatic carbocycles. The number of aliphatic hydroxyl groups excluding tert-OH is 6. The van der Waals surface area contributed by atoms with Crippen molar-refractivity contribution in [2.24, 2.45) is 29.2 Å². The number of rotatable bonds is 25. The highest BCUT2D eigenvalue weighted by atomic mass is 16.5. The Labute approximate surface area is 237 Å².